The number of anilines is 1. The molecule has 0 amide bonds. The van der Waals surface area contributed by atoms with E-state index in [0.717, 1.165) is 18.8 Å². The van der Waals surface area contributed by atoms with E-state index in [9.17, 15) is 9.46 Å². The van der Waals surface area contributed by atoms with Gasteiger partial charge in [0.1, 0.15) is 18.2 Å². The highest BCUT2D eigenvalue weighted by molar-refractivity contribution is 7.52. The fourth-order valence-corrected chi connectivity index (χ4v) is 6.54. The Labute approximate surface area is 246 Å². The van der Waals surface area contributed by atoms with Gasteiger partial charge in [-0.2, -0.15) is 0 Å². The number of nitrogen functional groups attached to an aromatic ring is 1. The van der Waals surface area contributed by atoms with Crippen molar-refractivity contribution in [1.29, 1.82) is 0 Å². The number of unbranched alkanes of at least 4 members (excludes halogenated alkanes) is 11. The Bertz CT molecular complexity index is 1020. The summed E-state index contributed by atoms with van der Waals surface area (Å²) in [6, 6.07) is 0. The van der Waals surface area contributed by atoms with Crippen LogP contribution in [0.15, 0.2) is 12.7 Å². The van der Waals surface area contributed by atoms with Crippen molar-refractivity contribution in [3.05, 3.63) is 12.7 Å². The Morgan fingerprint density at radius 2 is 1.56 bits per heavy atom. The van der Waals surface area contributed by atoms with E-state index in [1.807, 2.05) is 0 Å². The van der Waals surface area contributed by atoms with Crippen LogP contribution in [0.1, 0.15) is 116 Å². The molecule has 0 radical (unpaired) electrons. The van der Waals surface area contributed by atoms with Crippen LogP contribution in [0.3, 0.4) is 0 Å². The van der Waals surface area contributed by atoms with Gasteiger partial charge in [0.2, 0.25) is 0 Å². The second-order valence-corrected chi connectivity index (χ2v) is 13.5. The molecule has 0 bridgehead atoms. The Kier molecular flexibility index (Phi) is 16.2. The van der Waals surface area contributed by atoms with Crippen molar-refractivity contribution in [3.8, 4) is 0 Å². The fraction of sp³-hybridized carbons (Fsp3) is 0.833. The van der Waals surface area contributed by atoms with Crippen molar-refractivity contribution in [2.75, 3.05) is 31.9 Å². The van der Waals surface area contributed by atoms with Crippen LogP contribution in [0.4, 0.5) is 5.82 Å². The summed E-state index contributed by atoms with van der Waals surface area (Å²) in [6.45, 7) is 3.22. The molecule has 3 N–H and O–H groups in total. The summed E-state index contributed by atoms with van der Waals surface area (Å²) >= 11 is 0. The van der Waals surface area contributed by atoms with Crippen molar-refractivity contribution in [2.45, 2.75) is 129 Å². The van der Waals surface area contributed by atoms with E-state index in [1.54, 1.807) is 17.8 Å². The molecule has 234 valence electrons. The van der Waals surface area contributed by atoms with Gasteiger partial charge in [0.25, 0.3) is 0 Å². The van der Waals surface area contributed by atoms with Crippen molar-refractivity contribution in [1.82, 2.24) is 19.5 Å². The van der Waals surface area contributed by atoms with Gasteiger partial charge in [-0.15, -0.1) is 0 Å². The first-order valence-corrected chi connectivity index (χ1v) is 17.8. The van der Waals surface area contributed by atoms with E-state index in [-0.39, 0.29) is 12.7 Å². The first-order chi connectivity index (χ1) is 19.9. The SMILES string of the molecule is C[C@H](Cn1cnc2c(N)ncnc21)OCP(=O)(O)OCCOCCCCCCCCCCCCCCC1CCCC1. The zero-order chi connectivity index (χ0) is 29.2. The van der Waals surface area contributed by atoms with Gasteiger partial charge in [0.15, 0.2) is 11.5 Å². The lowest BCUT2D eigenvalue weighted by atomic mass is 9.99. The topological polar surface area (TPSA) is 135 Å². The second-order valence-electron chi connectivity index (χ2n) is 11.7. The Morgan fingerprint density at radius 3 is 2.24 bits per heavy atom. The number of ether oxygens (including phenoxy) is 2. The minimum absolute atomic E-state index is 0.0639. The molecule has 2 aromatic rings. The highest BCUT2D eigenvalue weighted by Gasteiger charge is 2.22. The van der Waals surface area contributed by atoms with Gasteiger partial charge in [-0.25, -0.2) is 15.0 Å². The van der Waals surface area contributed by atoms with Gasteiger partial charge in [-0.05, 0) is 19.3 Å². The van der Waals surface area contributed by atoms with E-state index in [0.29, 0.717) is 36.7 Å². The molecule has 10 nitrogen and oxygen atoms in total. The molecule has 1 aliphatic carbocycles. The number of aromatic nitrogens is 4. The van der Waals surface area contributed by atoms with Crippen LogP contribution >= 0.6 is 7.60 Å². The Morgan fingerprint density at radius 1 is 0.927 bits per heavy atom. The number of nitrogens with two attached hydrogens (primary N) is 1. The maximum absolute atomic E-state index is 12.3. The van der Waals surface area contributed by atoms with Gasteiger partial charge in [-0.3, -0.25) is 4.57 Å². The van der Waals surface area contributed by atoms with Gasteiger partial charge < -0.3 is 29.2 Å². The average Bonchev–Trinajstić information content (AvgIpc) is 3.62. The van der Waals surface area contributed by atoms with Crippen molar-refractivity contribution in [2.24, 2.45) is 5.92 Å². The minimum atomic E-state index is -3.86. The summed E-state index contributed by atoms with van der Waals surface area (Å²) in [5.74, 6) is 1.37. The van der Waals surface area contributed by atoms with Gasteiger partial charge in [0, 0.05) is 6.61 Å². The van der Waals surface area contributed by atoms with Crippen LogP contribution in [0.2, 0.25) is 0 Å². The van der Waals surface area contributed by atoms with Crippen molar-refractivity contribution >= 4 is 24.6 Å². The highest BCUT2D eigenvalue weighted by Crippen LogP contribution is 2.41. The first-order valence-electron chi connectivity index (χ1n) is 16.0. The predicted molar refractivity (Wildman–Crippen MR) is 164 cm³/mol. The summed E-state index contributed by atoms with van der Waals surface area (Å²) < 4.78 is 30.3. The Balaban J connectivity index is 1.06. The van der Waals surface area contributed by atoms with Gasteiger partial charge in [-0.1, -0.05) is 103 Å². The lowest BCUT2D eigenvalue weighted by Crippen LogP contribution is -2.18. The van der Waals surface area contributed by atoms with Crippen LogP contribution in [-0.4, -0.2) is 56.7 Å². The monoisotopic (exact) mass is 595 g/mol. The third kappa shape index (κ3) is 14.0. The number of hydrogen-bond donors (Lipinski definition) is 2. The summed E-state index contributed by atoms with van der Waals surface area (Å²) in [4.78, 5) is 22.4. The van der Waals surface area contributed by atoms with Crippen molar-refractivity contribution in [3.63, 3.8) is 0 Å². The van der Waals surface area contributed by atoms with Crippen LogP contribution < -0.4 is 5.73 Å². The predicted octanol–water partition coefficient (Wildman–Crippen LogP) is 7.25. The molecule has 0 aromatic carbocycles. The molecular formula is C30H54N5O5P. The lowest BCUT2D eigenvalue weighted by molar-refractivity contribution is 0.0610. The van der Waals surface area contributed by atoms with E-state index < -0.39 is 13.9 Å². The van der Waals surface area contributed by atoms with E-state index in [1.165, 1.54) is 103 Å². The van der Waals surface area contributed by atoms with E-state index >= 15 is 0 Å². The molecule has 1 unspecified atom stereocenters. The first kappa shape index (κ1) is 33.9. The molecule has 0 saturated heterocycles. The second kappa shape index (κ2) is 19.6. The van der Waals surface area contributed by atoms with Crippen LogP contribution in [0, 0.1) is 5.92 Å². The summed E-state index contributed by atoms with van der Waals surface area (Å²) in [7, 11) is -3.86. The molecule has 3 rings (SSSR count). The average molecular weight is 596 g/mol. The summed E-state index contributed by atoms with van der Waals surface area (Å²) in [5.41, 5.74) is 6.92. The van der Waals surface area contributed by atoms with Gasteiger partial charge in [0.05, 0.1) is 32.2 Å². The van der Waals surface area contributed by atoms with Crippen LogP contribution in [0.5, 0.6) is 0 Å². The van der Waals surface area contributed by atoms with Crippen LogP contribution in [0.25, 0.3) is 11.2 Å². The molecule has 2 aromatic heterocycles. The molecule has 11 heteroatoms. The maximum atomic E-state index is 12.3. The molecule has 41 heavy (non-hydrogen) atoms. The Hall–Kier alpha value is -1.58. The fourth-order valence-electron chi connectivity index (χ4n) is 5.67. The number of nitrogens with zero attached hydrogens (tertiary/aromatic N) is 4. The lowest BCUT2D eigenvalue weighted by Gasteiger charge is -2.17. The normalized spacial score (nSPS) is 16.4. The molecular weight excluding hydrogens is 541 g/mol. The molecule has 1 fully saturated rings. The van der Waals surface area contributed by atoms with E-state index in [2.05, 4.69) is 15.0 Å². The standard InChI is InChI=1S/C30H54N5O5P/c1-26(22-35-24-34-28-29(31)32-23-33-30(28)35)39-25-41(36,37)40-21-20-38-19-15-11-9-7-5-3-2-4-6-8-10-12-16-27-17-13-14-18-27/h23-24,26-27H,2-22,25H2,1H3,(H,36,37)(H2,31,32,33)/t26-/m1/s1. The zero-order valence-corrected chi connectivity index (χ0v) is 26.2. The molecule has 2 atom stereocenters. The maximum Gasteiger partial charge on any atom is 0.353 e. The zero-order valence-electron chi connectivity index (χ0n) is 25.3. The molecule has 0 aliphatic heterocycles. The minimum Gasteiger partial charge on any atom is -0.382 e. The molecule has 2 heterocycles. The van der Waals surface area contributed by atoms with Gasteiger partial charge >= 0.3 is 7.60 Å². The number of imidazole rings is 1. The number of rotatable bonds is 24. The summed E-state index contributed by atoms with van der Waals surface area (Å²) in [6.07, 6.45) is 25.6. The quantitative estimate of drug-likeness (QED) is 0.0950. The third-order valence-corrected chi connectivity index (χ3v) is 9.11. The number of hydrogen-bond acceptors (Lipinski definition) is 8. The largest absolute Gasteiger partial charge is 0.382 e. The molecule has 1 saturated carbocycles. The third-order valence-electron chi connectivity index (χ3n) is 8.05. The summed E-state index contributed by atoms with van der Waals surface area (Å²) in [5, 5.41) is 0. The van der Waals surface area contributed by atoms with Crippen molar-refractivity contribution < 1.29 is 23.5 Å². The smallest absolute Gasteiger partial charge is 0.353 e. The highest BCUT2D eigenvalue weighted by atomic mass is 31.2. The molecule has 0 spiro atoms. The van der Waals surface area contributed by atoms with Crippen LogP contribution in [-0.2, 0) is 25.1 Å². The number of fused-ring (bicyclic) bond motifs is 1. The molecule has 1 aliphatic rings. The van der Waals surface area contributed by atoms with E-state index in [4.69, 9.17) is 19.7 Å².